The number of carbonyl (C=O) groups excluding carboxylic acids is 1. The summed E-state index contributed by atoms with van der Waals surface area (Å²) in [6.45, 7) is 5.44. The van der Waals surface area contributed by atoms with Gasteiger partial charge in [0.25, 0.3) is 5.91 Å². The van der Waals surface area contributed by atoms with E-state index in [-0.39, 0.29) is 11.7 Å². The molecule has 0 fully saturated rings. The minimum atomic E-state index is -0.473. The van der Waals surface area contributed by atoms with E-state index in [2.05, 4.69) is 22.4 Å². The molecule has 28 heavy (non-hydrogen) atoms. The molecule has 1 atom stereocenters. The second-order valence-electron chi connectivity index (χ2n) is 6.51. The number of amides is 1. The number of phenols is 1. The SMILES string of the molecule is C=CCc1cccc(C=NNC(=O)C(C)Nc2ccc3ccccc3c2)c1O. The lowest BCUT2D eigenvalue weighted by atomic mass is 10.1. The monoisotopic (exact) mass is 373 g/mol. The first-order valence-electron chi connectivity index (χ1n) is 9.08. The van der Waals surface area contributed by atoms with Crippen LogP contribution in [0.4, 0.5) is 5.69 Å². The summed E-state index contributed by atoms with van der Waals surface area (Å²) in [6, 6.07) is 18.9. The van der Waals surface area contributed by atoms with E-state index in [9.17, 15) is 9.90 Å². The van der Waals surface area contributed by atoms with Crippen molar-refractivity contribution in [2.24, 2.45) is 5.10 Å². The lowest BCUT2D eigenvalue weighted by Gasteiger charge is -2.14. The first-order chi connectivity index (χ1) is 13.6. The highest BCUT2D eigenvalue weighted by molar-refractivity contribution is 5.89. The van der Waals surface area contributed by atoms with Gasteiger partial charge in [0.05, 0.1) is 6.21 Å². The number of anilines is 1. The zero-order chi connectivity index (χ0) is 19.9. The van der Waals surface area contributed by atoms with Crippen LogP contribution in [-0.4, -0.2) is 23.3 Å². The van der Waals surface area contributed by atoms with Crippen LogP contribution in [0.25, 0.3) is 10.8 Å². The lowest BCUT2D eigenvalue weighted by Crippen LogP contribution is -2.34. The van der Waals surface area contributed by atoms with E-state index >= 15 is 0 Å². The second-order valence-corrected chi connectivity index (χ2v) is 6.51. The maximum Gasteiger partial charge on any atom is 0.262 e. The van der Waals surface area contributed by atoms with E-state index in [4.69, 9.17) is 0 Å². The summed E-state index contributed by atoms with van der Waals surface area (Å²) in [5, 5.41) is 19.6. The van der Waals surface area contributed by atoms with E-state index in [1.165, 1.54) is 6.21 Å². The molecular weight excluding hydrogens is 350 g/mol. The highest BCUT2D eigenvalue weighted by atomic mass is 16.3. The summed E-state index contributed by atoms with van der Waals surface area (Å²) in [5.41, 5.74) is 4.66. The highest BCUT2D eigenvalue weighted by Crippen LogP contribution is 2.22. The van der Waals surface area contributed by atoms with E-state index in [0.29, 0.717) is 12.0 Å². The first kappa shape index (κ1) is 19.2. The van der Waals surface area contributed by atoms with Crippen molar-refractivity contribution in [3.63, 3.8) is 0 Å². The van der Waals surface area contributed by atoms with Crippen LogP contribution in [0.15, 0.2) is 78.4 Å². The number of hydrogen-bond donors (Lipinski definition) is 3. The summed E-state index contributed by atoms with van der Waals surface area (Å²) < 4.78 is 0. The molecule has 1 unspecified atom stereocenters. The normalized spacial score (nSPS) is 12.0. The number of carbonyl (C=O) groups is 1. The molecule has 5 heteroatoms. The fourth-order valence-electron chi connectivity index (χ4n) is 2.89. The molecule has 3 aromatic carbocycles. The average Bonchev–Trinajstić information content (AvgIpc) is 2.70. The third-order valence-electron chi connectivity index (χ3n) is 4.42. The number of hydrazone groups is 1. The van der Waals surface area contributed by atoms with Crippen LogP contribution in [-0.2, 0) is 11.2 Å². The molecule has 0 bridgehead atoms. The van der Waals surface area contributed by atoms with Crippen molar-refractivity contribution in [1.82, 2.24) is 5.43 Å². The Bertz CT molecular complexity index is 1030. The maximum atomic E-state index is 12.3. The molecule has 1 amide bonds. The molecule has 0 saturated carbocycles. The van der Waals surface area contributed by atoms with Crippen LogP contribution in [0.2, 0.25) is 0 Å². The third kappa shape index (κ3) is 4.57. The van der Waals surface area contributed by atoms with Crippen molar-refractivity contribution in [1.29, 1.82) is 0 Å². The van der Waals surface area contributed by atoms with Crippen LogP contribution in [0.3, 0.4) is 0 Å². The molecule has 0 saturated heterocycles. The number of rotatable bonds is 7. The van der Waals surface area contributed by atoms with E-state index < -0.39 is 6.04 Å². The summed E-state index contributed by atoms with van der Waals surface area (Å²) >= 11 is 0. The molecule has 0 aliphatic heterocycles. The van der Waals surface area contributed by atoms with Crippen LogP contribution in [0.1, 0.15) is 18.1 Å². The lowest BCUT2D eigenvalue weighted by molar-refractivity contribution is -0.121. The third-order valence-corrected chi connectivity index (χ3v) is 4.42. The molecule has 0 aliphatic rings. The van der Waals surface area contributed by atoms with Crippen LogP contribution in [0, 0.1) is 0 Å². The van der Waals surface area contributed by atoms with Crippen molar-refractivity contribution in [3.05, 3.63) is 84.4 Å². The first-order valence-corrected chi connectivity index (χ1v) is 9.08. The predicted octanol–water partition coefficient (Wildman–Crippen LogP) is 4.22. The van der Waals surface area contributed by atoms with Crippen LogP contribution < -0.4 is 10.7 Å². The topological polar surface area (TPSA) is 73.7 Å². The number of allylic oxidation sites excluding steroid dienone is 1. The maximum absolute atomic E-state index is 12.3. The Kier molecular flexibility index (Phi) is 6.07. The molecule has 0 aromatic heterocycles. The summed E-state index contributed by atoms with van der Waals surface area (Å²) in [7, 11) is 0. The predicted molar refractivity (Wildman–Crippen MR) is 115 cm³/mol. The fraction of sp³-hybridized carbons (Fsp3) is 0.130. The zero-order valence-electron chi connectivity index (χ0n) is 15.7. The van der Waals surface area contributed by atoms with Crippen molar-refractivity contribution in [3.8, 4) is 5.75 Å². The van der Waals surface area contributed by atoms with Gasteiger partial charge in [0.15, 0.2) is 0 Å². The molecule has 3 rings (SSSR count). The Labute approximate surface area is 164 Å². The van der Waals surface area contributed by atoms with Gasteiger partial charge in [-0.25, -0.2) is 5.43 Å². The number of aromatic hydroxyl groups is 1. The molecule has 0 heterocycles. The van der Waals surface area contributed by atoms with Gasteiger partial charge in [-0.05, 0) is 47.9 Å². The second kappa shape index (κ2) is 8.86. The fourth-order valence-corrected chi connectivity index (χ4v) is 2.89. The van der Waals surface area contributed by atoms with Gasteiger partial charge in [-0.3, -0.25) is 4.79 Å². The number of phenolic OH excluding ortho intramolecular Hbond substituents is 1. The summed E-state index contributed by atoms with van der Waals surface area (Å²) in [5.74, 6) is -0.131. The Balaban J connectivity index is 1.61. The van der Waals surface area contributed by atoms with Gasteiger partial charge in [-0.15, -0.1) is 6.58 Å². The molecular formula is C23H23N3O2. The smallest absolute Gasteiger partial charge is 0.262 e. The van der Waals surface area contributed by atoms with Gasteiger partial charge in [0.2, 0.25) is 0 Å². The zero-order valence-corrected chi connectivity index (χ0v) is 15.7. The molecule has 3 N–H and O–H groups in total. The van der Waals surface area contributed by atoms with Crippen molar-refractivity contribution >= 4 is 28.6 Å². The van der Waals surface area contributed by atoms with Crippen molar-refractivity contribution < 1.29 is 9.90 Å². The van der Waals surface area contributed by atoms with E-state index in [1.54, 1.807) is 19.1 Å². The van der Waals surface area contributed by atoms with Gasteiger partial charge in [-0.2, -0.15) is 5.10 Å². The summed E-state index contributed by atoms with van der Waals surface area (Å²) in [4.78, 5) is 12.3. The van der Waals surface area contributed by atoms with Gasteiger partial charge in [-0.1, -0.05) is 48.5 Å². The van der Waals surface area contributed by atoms with Gasteiger partial charge < -0.3 is 10.4 Å². The van der Waals surface area contributed by atoms with Crippen LogP contribution in [0.5, 0.6) is 5.75 Å². The van der Waals surface area contributed by atoms with Gasteiger partial charge >= 0.3 is 0 Å². The van der Waals surface area contributed by atoms with E-state index in [1.807, 2.05) is 54.6 Å². The average molecular weight is 373 g/mol. The molecule has 3 aromatic rings. The molecule has 5 nitrogen and oxygen atoms in total. The number of para-hydroxylation sites is 1. The molecule has 142 valence electrons. The van der Waals surface area contributed by atoms with Gasteiger partial charge in [0.1, 0.15) is 11.8 Å². The van der Waals surface area contributed by atoms with Gasteiger partial charge in [0, 0.05) is 11.3 Å². The number of nitrogens with one attached hydrogen (secondary N) is 2. The Hall–Kier alpha value is -3.60. The number of fused-ring (bicyclic) bond motifs is 1. The largest absolute Gasteiger partial charge is 0.507 e. The highest BCUT2D eigenvalue weighted by Gasteiger charge is 2.12. The molecule has 0 aliphatic carbocycles. The Morgan fingerprint density at radius 1 is 1.14 bits per heavy atom. The minimum absolute atomic E-state index is 0.141. The number of hydrogen-bond acceptors (Lipinski definition) is 4. The summed E-state index contributed by atoms with van der Waals surface area (Å²) in [6.07, 6.45) is 3.72. The molecule has 0 spiro atoms. The molecule has 0 radical (unpaired) electrons. The quantitative estimate of drug-likeness (QED) is 0.330. The van der Waals surface area contributed by atoms with Crippen molar-refractivity contribution in [2.45, 2.75) is 19.4 Å². The number of nitrogens with zero attached hydrogens (tertiary/aromatic N) is 1. The minimum Gasteiger partial charge on any atom is -0.507 e. The number of benzene rings is 3. The van der Waals surface area contributed by atoms with Crippen molar-refractivity contribution in [2.75, 3.05) is 5.32 Å². The van der Waals surface area contributed by atoms with E-state index in [0.717, 1.165) is 22.0 Å². The standard InChI is InChI=1S/C23H23N3O2/c1-3-7-18-10-6-11-20(22(18)27)15-24-26-23(28)16(2)25-21-13-12-17-8-4-5-9-19(17)14-21/h3-6,8-16,25,27H,1,7H2,2H3,(H,26,28). The Morgan fingerprint density at radius 3 is 2.71 bits per heavy atom. The van der Waals surface area contributed by atoms with Crippen LogP contribution >= 0.6 is 0 Å². The Morgan fingerprint density at radius 2 is 1.93 bits per heavy atom.